The van der Waals surface area contributed by atoms with Crippen molar-refractivity contribution >= 4 is 44.3 Å². The maximum atomic E-state index is 12.1. The van der Waals surface area contributed by atoms with Crippen molar-refractivity contribution in [1.29, 1.82) is 0 Å². The summed E-state index contributed by atoms with van der Waals surface area (Å²) in [4.78, 5) is 28.3. The maximum Gasteiger partial charge on any atom is 0.329 e. The molecule has 0 bridgehead atoms. The molecule has 11 heteroatoms. The summed E-state index contributed by atoms with van der Waals surface area (Å²) >= 11 is 1.24. The summed E-state index contributed by atoms with van der Waals surface area (Å²) in [5, 5.41) is 8.74. The Morgan fingerprint density at radius 3 is 2.61 bits per heavy atom. The zero-order valence-electron chi connectivity index (χ0n) is 15.1. The van der Waals surface area contributed by atoms with Gasteiger partial charge in [-0.1, -0.05) is 11.8 Å². The number of amidine groups is 1. The number of rotatable bonds is 7. The van der Waals surface area contributed by atoms with Gasteiger partial charge in [-0.2, -0.15) is 4.99 Å². The SMILES string of the molecule is CCOc1ccc(N2C(=NC(=O)COCC(=O)O)SC3CS(=O)(=O)CC32)cc1. The molecule has 0 aliphatic carbocycles. The molecule has 0 spiro atoms. The number of fused-ring (bicyclic) bond motifs is 1. The first-order valence-corrected chi connectivity index (χ1v) is 11.3. The number of carbonyl (C=O) groups excluding carboxylic acids is 1. The van der Waals surface area contributed by atoms with Gasteiger partial charge in [-0.3, -0.25) is 4.79 Å². The standard InChI is InChI=1S/C17H20N2O7S2/c1-2-26-12-5-3-11(4-6-12)19-13-9-28(23,24)10-14(13)27-17(19)18-15(20)7-25-8-16(21)22/h3-6,13-14H,2,7-10H2,1H3,(H,21,22). The lowest BCUT2D eigenvalue weighted by atomic mass is 10.2. The van der Waals surface area contributed by atoms with E-state index in [0.717, 1.165) is 0 Å². The predicted octanol–water partition coefficient (Wildman–Crippen LogP) is 0.788. The molecule has 2 fully saturated rings. The van der Waals surface area contributed by atoms with Crippen LogP contribution in [0.5, 0.6) is 5.75 Å². The van der Waals surface area contributed by atoms with Crippen LogP contribution in [0, 0.1) is 0 Å². The van der Waals surface area contributed by atoms with Crippen LogP contribution in [0.3, 0.4) is 0 Å². The number of aliphatic imine (C=N–C) groups is 1. The summed E-state index contributed by atoms with van der Waals surface area (Å²) in [5.74, 6) is -1.10. The van der Waals surface area contributed by atoms with Crippen molar-refractivity contribution in [2.24, 2.45) is 4.99 Å². The molecule has 1 aromatic rings. The van der Waals surface area contributed by atoms with E-state index >= 15 is 0 Å². The van der Waals surface area contributed by atoms with Gasteiger partial charge in [0.15, 0.2) is 15.0 Å². The molecule has 152 valence electrons. The van der Waals surface area contributed by atoms with Crippen molar-refractivity contribution in [2.75, 3.05) is 36.2 Å². The van der Waals surface area contributed by atoms with E-state index < -0.39 is 34.9 Å². The Kier molecular flexibility index (Phi) is 6.26. The maximum absolute atomic E-state index is 12.1. The van der Waals surface area contributed by atoms with Gasteiger partial charge >= 0.3 is 5.97 Å². The van der Waals surface area contributed by atoms with Crippen LogP contribution in [0.15, 0.2) is 29.3 Å². The normalized spacial score (nSPS) is 24.3. The average Bonchev–Trinajstić information content (AvgIpc) is 3.06. The van der Waals surface area contributed by atoms with Gasteiger partial charge in [0.25, 0.3) is 5.91 Å². The summed E-state index contributed by atoms with van der Waals surface area (Å²) in [5.41, 5.74) is 0.707. The highest BCUT2D eigenvalue weighted by atomic mass is 32.2. The first-order valence-electron chi connectivity index (χ1n) is 8.59. The van der Waals surface area contributed by atoms with Crippen molar-refractivity contribution in [2.45, 2.75) is 18.2 Å². The number of sulfone groups is 1. The minimum atomic E-state index is -3.16. The van der Waals surface area contributed by atoms with Gasteiger partial charge < -0.3 is 19.5 Å². The molecular formula is C17H20N2O7S2. The summed E-state index contributed by atoms with van der Waals surface area (Å²) < 4.78 is 34.3. The number of carboxylic acid groups (broad SMARTS) is 1. The molecule has 2 saturated heterocycles. The number of thioether (sulfide) groups is 1. The third-order valence-corrected chi connectivity index (χ3v) is 7.37. The van der Waals surface area contributed by atoms with Gasteiger partial charge in [-0.15, -0.1) is 0 Å². The molecule has 1 N–H and O–H groups in total. The first kappa shape index (κ1) is 20.6. The Balaban J connectivity index is 1.83. The second kappa shape index (κ2) is 8.50. The van der Waals surface area contributed by atoms with E-state index in [-0.39, 0.29) is 22.8 Å². The minimum Gasteiger partial charge on any atom is -0.494 e. The van der Waals surface area contributed by atoms with E-state index in [0.29, 0.717) is 23.2 Å². The molecule has 1 amide bonds. The average molecular weight is 428 g/mol. The zero-order chi connectivity index (χ0) is 20.3. The Labute approximate surface area is 166 Å². The van der Waals surface area contributed by atoms with Crippen molar-refractivity contribution in [3.05, 3.63) is 24.3 Å². The number of hydrogen-bond acceptors (Lipinski definition) is 7. The second-order valence-corrected chi connectivity index (χ2v) is 9.63. The molecule has 2 heterocycles. The van der Waals surface area contributed by atoms with Crippen LogP contribution in [0.4, 0.5) is 5.69 Å². The lowest BCUT2D eigenvalue weighted by Gasteiger charge is -2.24. The van der Waals surface area contributed by atoms with E-state index in [1.807, 2.05) is 6.92 Å². The molecule has 3 rings (SSSR count). The molecular weight excluding hydrogens is 408 g/mol. The number of aliphatic carboxylic acids is 1. The molecule has 2 aliphatic heterocycles. The van der Waals surface area contributed by atoms with Gasteiger partial charge in [0.05, 0.1) is 24.2 Å². The van der Waals surface area contributed by atoms with Crippen LogP contribution in [0.1, 0.15) is 6.92 Å². The molecule has 28 heavy (non-hydrogen) atoms. The van der Waals surface area contributed by atoms with Gasteiger partial charge in [0.2, 0.25) is 0 Å². The first-order chi connectivity index (χ1) is 13.3. The second-order valence-electron chi connectivity index (χ2n) is 6.27. The van der Waals surface area contributed by atoms with Crippen LogP contribution < -0.4 is 9.64 Å². The topological polar surface area (TPSA) is 123 Å². The molecule has 2 unspecified atom stereocenters. The Bertz CT molecular complexity index is 883. The molecule has 0 aromatic heterocycles. The zero-order valence-corrected chi connectivity index (χ0v) is 16.7. The van der Waals surface area contributed by atoms with Gasteiger partial charge in [-0.05, 0) is 31.2 Å². The van der Waals surface area contributed by atoms with Crippen molar-refractivity contribution in [3.63, 3.8) is 0 Å². The Hall–Kier alpha value is -2.11. The predicted molar refractivity (Wildman–Crippen MR) is 105 cm³/mol. The molecule has 2 atom stereocenters. The molecule has 2 aliphatic rings. The molecule has 0 saturated carbocycles. The van der Waals surface area contributed by atoms with Gasteiger partial charge in [0, 0.05) is 10.9 Å². The monoisotopic (exact) mass is 428 g/mol. The fourth-order valence-corrected chi connectivity index (χ4v) is 7.03. The van der Waals surface area contributed by atoms with Crippen molar-refractivity contribution in [3.8, 4) is 5.75 Å². The van der Waals surface area contributed by atoms with Crippen molar-refractivity contribution in [1.82, 2.24) is 0 Å². The van der Waals surface area contributed by atoms with Crippen LogP contribution in [0.2, 0.25) is 0 Å². The fraction of sp³-hybridized carbons (Fsp3) is 0.471. The summed E-state index contributed by atoms with van der Waals surface area (Å²) in [7, 11) is -3.16. The Morgan fingerprint density at radius 1 is 1.25 bits per heavy atom. The van der Waals surface area contributed by atoms with Crippen LogP contribution in [0.25, 0.3) is 0 Å². The van der Waals surface area contributed by atoms with Crippen LogP contribution in [-0.2, 0) is 24.2 Å². The molecule has 9 nitrogen and oxygen atoms in total. The minimum absolute atomic E-state index is 0.0133. The number of ether oxygens (including phenoxy) is 2. The number of hydrogen-bond donors (Lipinski definition) is 1. The van der Waals surface area contributed by atoms with Crippen LogP contribution in [-0.4, -0.2) is 73.2 Å². The number of anilines is 1. The number of nitrogens with zero attached hydrogens (tertiary/aromatic N) is 2. The summed E-state index contributed by atoms with van der Waals surface area (Å²) in [6, 6.07) is 6.81. The number of carboxylic acids is 1. The lowest BCUT2D eigenvalue weighted by molar-refractivity contribution is -0.143. The van der Waals surface area contributed by atoms with Gasteiger partial charge in [0.1, 0.15) is 19.0 Å². The van der Waals surface area contributed by atoms with E-state index in [4.69, 9.17) is 14.6 Å². The Morgan fingerprint density at radius 2 is 1.96 bits per heavy atom. The molecule has 0 radical (unpaired) electrons. The van der Waals surface area contributed by atoms with Crippen molar-refractivity contribution < 1.29 is 32.6 Å². The van der Waals surface area contributed by atoms with E-state index in [1.54, 1.807) is 29.2 Å². The van der Waals surface area contributed by atoms with Gasteiger partial charge in [-0.25, -0.2) is 13.2 Å². The highest BCUT2D eigenvalue weighted by Crippen LogP contribution is 2.41. The highest BCUT2D eigenvalue weighted by molar-refractivity contribution is 8.16. The summed E-state index contributed by atoms with van der Waals surface area (Å²) in [6.45, 7) is 1.36. The number of amides is 1. The largest absolute Gasteiger partial charge is 0.494 e. The molecule has 1 aromatic carbocycles. The quantitative estimate of drug-likeness (QED) is 0.671. The highest BCUT2D eigenvalue weighted by Gasteiger charge is 2.49. The smallest absolute Gasteiger partial charge is 0.329 e. The van der Waals surface area contributed by atoms with E-state index in [9.17, 15) is 18.0 Å². The lowest BCUT2D eigenvalue weighted by Crippen LogP contribution is -2.37. The third-order valence-electron chi connectivity index (χ3n) is 4.16. The summed E-state index contributed by atoms with van der Waals surface area (Å²) in [6.07, 6.45) is 0. The fourth-order valence-electron chi connectivity index (χ4n) is 3.10. The number of benzene rings is 1. The van der Waals surface area contributed by atoms with E-state index in [1.165, 1.54) is 11.8 Å². The number of carbonyl (C=O) groups is 2. The van der Waals surface area contributed by atoms with E-state index in [2.05, 4.69) is 4.99 Å². The van der Waals surface area contributed by atoms with Crippen LogP contribution >= 0.6 is 11.8 Å². The third kappa shape index (κ3) is 4.83.